The van der Waals surface area contributed by atoms with Crippen molar-refractivity contribution in [3.63, 3.8) is 0 Å². The van der Waals surface area contributed by atoms with Crippen LogP contribution in [0.15, 0.2) is 22.4 Å². The first-order valence-corrected chi connectivity index (χ1v) is 4.68. The number of aromatic nitrogens is 1. The summed E-state index contributed by atoms with van der Waals surface area (Å²) < 4.78 is 0. The molecule has 1 N–H and O–H groups in total. The first-order chi connectivity index (χ1) is 5.77. The molecular weight excluding hydrogens is 172 g/mol. The van der Waals surface area contributed by atoms with Crippen LogP contribution in [0.3, 0.4) is 0 Å². The Morgan fingerprint density at radius 3 is 2.92 bits per heavy atom. The van der Waals surface area contributed by atoms with Crippen molar-refractivity contribution in [3.05, 3.63) is 23.4 Å². The molecule has 0 radical (unpaired) electrons. The molecule has 0 amide bonds. The van der Waals surface area contributed by atoms with Gasteiger partial charge in [-0.1, -0.05) is 5.16 Å². The first-order valence-electron chi connectivity index (χ1n) is 3.46. The predicted octanol–water partition coefficient (Wildman–Crippen LogP) is 1.92. The number of aryl methyl sites for hydroxylation is 1. The Morgan fingerprint density at radius 2 is 2.42 bits per heavy atom. The second-order valence-electron chi connectivity index (χ2n) is 2.33. The monoisotopic (exact) mass is 182 g/mol. The predicted molar refractivity (Wildman–Crippen MR) is 50.1 cm³/mol. The van der Waals surface area contributed by atoms with Crippen LogP contribution in [-0.2, 0) is 0 Å². The topological polar surface area (TPSA) is 45.5 Å². The number of nitrogens with zero attached hydrogens (tertiary/aromatic N) is 2. The smallest absolute Gasteiger partial charge is 0.0960 e. The molecule has 1 aromatic rings. The van der Waals surface area contributed by atoms with E-state index in [1.54, 1.807) is 18.0 Å². The zero-order valence-corrected chi connectivity index (χ0v) is 7.80. The van der Waals surface area contributed by atoms with Crippen molar-refractivity contribution in [2.45, 2.75) is 11.9 Å². The molecular formula is C8H10N2OS. The van der Waals surface area contributed by atoms with Crippen LogP contribution in [0.1, 0.15) is 11.1 Å². The van der Waals surface area contributed by atoms with Gasteiger partial charge in [-0.2, -0.15) is 0 Å². The molecule has 0 atom stereocenters. The highest BCUT2D eigenvalue weighted by atomic mass is 32.2. The largest absolute Gasteiger partial charge is 0.411 e. The van der Waals surface area contributed by atoms with Gasteiger partial charge in [0.1, 0.15) is 0 Å². The Morgan fingerprint density at radius 1 is 1.67 bits per heavy atom. The van der Waals surface area contributed by atoms with Gasteiger partial charge in [-0.15, -0.1) is 11.8 Å². The maximum absolute atomic E-state index is 8.31. The van der Waals surface area contributed by atoms with Crippen LogP contribution in [-0.4, -0.2) is 22.7 Å². The lowest BCUT2D eigenvalue weighted by molar-refractivity contribution is 0.322. The summed E-state index contributed by atoms with van der Waals surface area (Å²) in [4.78, 5) is 4.14. The lowest BCUT2D eigenvalue weighted by Crippen LogP contribution is -1.90. The molecule has 0 unspecified atom stereocenters. The Bertz CT molecular complexity index is 299. The molecule has 0 aliphatic rings. The van der Waals surface area contributed by atoms with Gasteiger partial charge in [0.05, 0.1) is 11.2 Å². The van der Waals surface area contributed by atoms with Gasteiger partial charge in [0, 0.05) is 11.8 Å². The van der Waals surface area contributed by atoms with Crippen LogP contribution in [0.5, 0.6) is 0 Å². The maximum atomic E-state index is 8.31. The highest BCUT2D eigenvalue weighted by Crippen LogP contribution is 2.14. The molecule has 12 heavy (non-hydrogen) atoms. The number of oxime groups is 1. The summed E-state index contributed by atoms with van der Waals surface area (Å²) in [7, 11) is 0. The van der Waals surface area contributed by atoms with Crippen molar-refractivity contribution < 1.29 is 5.21 Å². The highest BCUT2D eigenvalue weighted by Gasteiger charge is 1.97. The number of pyridine rings is 1. The standard InChI is InChI=1S/C8H10N2OS/c1-6-3-8(12-2)9-4-7(6)5-10-11/h3-5,11H,1-2H3/b10-5+. The van der Waals surface area contributed by atoms with Crippen molar-refractivity contribution in [2.75, 3.05) is 6.26 Å². The molecule has 0 spiro atoms. The van der Waals surface area contributed by atoms with Crippen LogP contribution in [0.25, 0.3) is 0 Å². The molecule has 0 aliphatic heterocycles. The van der Waals surface area contributed by atoms with E-state index >= 15 is 0 Å². The van der Waals surface area contributed by atoms with E-state index in [2.05, 4.69) is 10.1 Å². The lowest BCUT2D eigenvalue weighted by Gasteiger charge is -2.00. The summed E-state index contributed by atoms with van der Waals surface area (Å²) >= 11 is 1.59. The fourth-order valence-corrected chi connectivity index (χ4v) is 1.30. The van der Waals surface area contributed by atoms with Gasteiger partial charge >= 0.3 is 0 Å². The van der Waals surface area contributed by atoms with Crippen LogP contribution >= 0.6 is 11.8 Å². The van der Waals surface area contributed by atoms with Crippen LogP contribution < -0.4 is 0 Å². The third-order valence-corrected chi connectivity index (χ3v) is 2.17. The van der Waals surface area contributed by atoms with Gasteiger partial charge in [-0.25, -0.2) is 4.98 Å². The average Bonchev–Trinajstić information content (AvgIpc) is 2.09. The third-order valence-electron chi connectivity index (χ3n) is 1.53. The minimum Gasteiger partial charge on any atom is -0.411 e. The molecule has 0 aliphatic carbocycles. The van der Waals surface area contributed by atoms with Gasteiger partial charge in [0.15, 0.2) is 0 Å². The van der Waals surface area contributed by atoms with E-state index in [0.717, 1.165) is 16.2 Å². The SMILES string of the molecule is CSc1cc(C)c(/C=N/O)cn1. The van der Waals surface area contributed by atoms with E-state index in [1.807, 2.05) is 19.2 Å². The fraction of sp³-hybridized carbons (Fsp3) is 0.250. The van der Waals surface area contributed by atoms with Gasteiger partial charge in [-0.3, -0.25) is 0 Å². The fourth-order valence-electron chi connectivity index (χ4n) is 0.850. The number of hydrogen-bond donors (Lipinski definition) is 1. The molecule has 64 valence electrons. The highest BCUT2D eigenvalue weighted by molar-refractivity contribution is 7.98. The summed E-state index contributed by atoms with van der Waals surface area (Å²) in [6.07, 6.45) is 5.05. The molecule has 1 rings (SSSR count). The van der Waals surface area contributed by atoms with Crippen molar-refractivity contribution in [2.24, 2.45) is 5.16 Å². The van der Waals surface area contributed by atoms with Gasteiger partial charge < -0.3 is 5.21 Å². The molecule has 0 aromatic carbocycles. The first kappa shape index (κ1) is 9.06. The molecule has 1 heterocycles. The van der Waals surface area contributed by atoms with Crippen LogP contribution in [0.4, 0.5) is 0 Å². The lowest BCUT2D eigenvalue weighted by atomic mass is 10.2. The Hall–Kier alpha value is -1.03. The van der Waals surface area contributed by atoms with Crippen molar-refractivity contribution in [1.29, 1.82) is 0 Å². The number of hydrogen-bond acceptors (Lipinski definition) is 4. The van der Waals surface area contributed by atoms with Gasteiger partial charge in [0.25, 0.3) is 0 Å². The molecule has 0 saturated carbocycles. The molecule has 3 nitrogen and oxygen atoms in total. The minimum atomic E-state index is 0.843. The zero-order chi connectivity index (χ0) is 8.97. The van der Waals surface area contributed by atoms with E-state index < -0.39 is 0 Å². The number of thioether (sulfide) groups is 1. The van der Waals surface area contributed by atoms with Crippen LogP contribution in [0.2, 0.25) is 0 Å². The third kappa shape index (κ3) is 1.98. The van der Waals surface area contributed by atoms with Crippen molar-refractivity contribution in [1.82, 2.24) is 4.98 Å². The normalized spacial score (nSPS) is 10.8. The minimum absolute atomic E-state index is 0.843. The summed E-state index contributed by atoms with van der Waals surface area (Å²) in [6, 6.07) is 1.96. The number of rotatable bonds is 2. The Kier molecular flexibility index (Phi) is 3.10. The molecule has 1 aromatic heterocycles. The Balaban J connectivity index is 3.03. The van der Waals surface area contributed by atoms with Crippen molar-refractivity contribution in [3.8, 4) is 0 Å². The van der Waals surface area contributed by atoms with Crippen molar-refractivity contribution >= 4 is 18.0 Å². The molecule has 4 heteroatoms. The summed E-state index contributed by atoms with van der Waals surface area (Å²) in [5, 5.41) is 12.2. The summed E-state index contributed by atoms with van der Waals surface area (Å²) in [6.45, 7) is 1.96. The summed E-state index contributed by atoms with van der Waals surface area (Å²) in [5.74, 6) is 0. The van der Waals surface area contributed by atoms with E-state index in [9.17, 15) is 0 Å². The average molecular weight is 182 g/mol. The van der Waals surface area contributed by atoms with Crippen LogP contribution in [0, 0.1) is 6.92 Å². The van der Waals surface area contributed by atoms with E-state index in [0.29, 0.717) is 0 Å². The summed E-state index contributed by atoms with van der Waals surface area (Å²) in [5.41, 5.74) is 1.91. The van der Waals surface area contributed by atoms with E-state index in [-0.39, 0.29) is 0 Å². The van der Waals surface area contributed by atoms with Gasteiger partial charge in [0.2, 0.25) is 0 Å². The second-order valence-corrected chi connectivity index (χ2v) is 3.15. The maximum Gasteiger partial charge on any atom is 0.0960 e. The molecule has 0 bridgehead atoms. The van der Waals surface area contributed by atoms with Gasteiger partial charge in [-0.05, 0) is 24.8 Å². The second kappa shape index (κ2) is 4.11. The van der Waals surface area contributed by atoms with E-state index in [1.165, 1.54) is 6.21 Å². The zero-order valence-electron chi connectivity index (χ0n) is 6.98. The molecule has 0 saturated heterocycles. The Labute approximate surface area is 75.5 Å². The van der Waals surface area contributed by atoms with E-state index in [4.69, 9.17) is 5.21 Å². The molecule has 0 fully saturated rings. The quantitative estimate of drug-likeness (QED) is 0.329.